The number of rotatable bonds is 5. The summed E-state index contributed by atoms with van der Waals surface area (Å²) in [6.45, 7) is 6.19. The number of carbonyl (C=O) groups is 1. The van der Waals surface area contributed by atoms with Gasteiger partial charge in [0.1, 0.15) is 0 Å². The van der Waals surface area contributed by atoms with Gasteiger partial charge in [-0.1, -0.05) is 18.9 Å². The first-order chi connectivity index (χ1) is 9.60. The van der Waals surface area contributed by atoms with E-state index >= 15 is 0 Å². The molecule has 7 heteroatoms. The summed E-state index contributed by atoms with van der Waals surface area (Å²) in [5.41, 5.74) is 0. The number of anilines is 1. The molecule has 20 heavy (non-hydrogen) atoms. The number of piperidine rings is 1. The van der Waals surface area contributed by atoms with Crippen molar-refractivity contribution in [2.75, 3.05) is 25.0 Å². The fourth-order valence-corrected chi connectivity index (χ4v) is 2.30. The maximum Gasteiger partial charge on any atom is 0.318 e. The van der Waals surface area contributed by atoms with Gasteiger partial charge >= 0.3 is 6.01 Å². The van der Waals surface area contributed by atoms with E-state index in [2.05, 4.69) is 34.7 Å². The molecule has 0 radical (unpaired) electrons. The molecule has 1 aliphatic rings. The molecule has 0 bridgehead atoms. The van der Waals surface area contributed by atoms with Crippen molar-refractivity contribution in [3.63, 3.8) is 0 Å². The fourth-order valence-electron chi connectivity index (χ4n) is 2.30. The average molecular weight is 281 g/mol. The Labute approximate surface area is 119 Å². The highest BCUT2D eigenvalue weighted by atomic mass is 16.4. The molecular weight excluding hydrogens is 258 g/mol. The first-order valence-electron chi connectivity index (χ1n) is 7.12. The maximum absolute atomic E-state index is 11.7. The standard InChI is InChI=1S/C13H23N5O2/c1-9(2)15-7-11-16-17-13(20-11)18-6-4-5-10(8-18)12(19)14-3/h9-10,15H,4-8H2,1-3H3,(H,14,19). The minimum Gasteiger partial charge on any atom is -0.407 e. The largest absolute Gasteiger partial charge is 0.407 e. The molecule has 1 aromatic heterocycles. The van der Waals surface area contributed by atoms with Crippen LogP contribution in [0.4, 0.5) is 6.01 Å². The van der Waals surface area contributed by atoms with Gasteiger partial charge in [-0.25, -0.2) is 0 Å². The lowest BCUT2D eigenvalue weighted by molar-refractivity contribution is -0.124. The molecule has 1 aliphatic heterocycles. The van der Waals surface area contributed by atoms with E-state index in [0.717, 1.165) is 19.4 Å². The van der Waals surface area contributed by atoms with Crippen LogP contribution >= 0.6 is 0 Å². The van der Waals surface area contributed by atoms with Gasteiger partial charge in [0, 0.05) is 26.2 Å². The molecule has 1 amide bonds. The SMILES string of the molecule is CNC(=O)C1CCCN(c2nnc(CNC(C)C)o2)C1. The lowest BCUT2D eigenvalue weighted by atomic mass is 9.97. The highest BCUT2D eigenvalue weighted by Gasteiger charge is 2.27. The van der Waals surface area contributed by atoms with Gasteiger partial charge in [-0.3, -0.25) is 4.79 Å². The number of amides is 1. The van der Waals surface area contributed by atoms with E-state index in [0.29, 0.717) is 31.0 Å². The van der Waals surface area contributed by atoms with Gasteiger partial charge in [-0.2, -0.15) is 0 Å². The second-order valence-electron chi connectivity index (χ2n) is 5.41. The predicted molar refractivity (Wildman–Crippen MR) is 75.3 cm³/mol. The summed E-state index contributed by atoms with van der Waals surface area (Å²) in [6.07, 6.45) is 1.87. The van der Waals surface area contributed by atoms with E-state index in [9.17, 15) is 4.79 Å². The van der Waals surface area contributed by atoms with Crippen molar-refractivity contribution >= 4 is 11.9 Å². The van der Waals surface area contributed by atoms with Crippen molar-refractivity contribution in [2.24, 2.45) is 5.92 Å². The van der Waals surface area contributed by atoms with Crippen LogP contribution in [-0.2, 0) is 11.3 Å². The van der Waals surface area contributed by atoms with E-state index in [4.69, 9.17) is 4.42 Å². The Morgan fingerprint density at radius 1 is 1.50 bits per heavy atom. The van der Waals surface area contributed by atoms with Gasteiger partial charge < -0.3 is 20.0 Å². The van der Waals surface area contributed by atoms with Crippen molar-refractivity contribution in [2.45, 2.75) is 39.3 Å². The summed E-state index contributed by atoms with van der Waals surface area (Å²) < 4.78 is 5.64. The number of nitrogens with zero attached hydrogens (tertiary/aromatic N) is 3. The zero-order chi connectivity index (χ0) is 14.5. The van der Waals surface area contributed by atoms with Crippen LogP contribution in [-0.4, -0.2) is 42.3 Å². The topological polar surface area (TPSA) is 83.3 Å². The average Bonchev–Trinajstić information content (AvgIpc) is 2.93. The molecule has 2 rings (SSSR count). The molecule has 0 aliphatic carbocycles. The summed E-state index contributed by atoms with van der Waals surface area (Å²) in [5.74, 6) is 0.657. The van der Waals surface area contributed by atoms with Crippen LogP contribution < -0.4 is 15.5 Å². The van der Waals surface area contributed by atoms with Crippen molar-refractivity contribution in [3.8, 4) is 0 Å². The van der Waals surface area contributed by atoms with Crippen molar-refractivity contribution in [1.82, 2.24) is 20.8 Å². The molecule has 1 unspecified atom stereocenters. The maximum atomic E-state index is 11.7. The predicted octanol–water partition coefficient (Wildman–Crippen LogP) is 0.530. The Hall–Kier alpha value is -1.63. The van der Waals surface area contributed by atoms with Crippen LogP contribution in [0.1, 0.15) is 32.6 Å². The van der Waals surface area contributed by atoms with Crippen molar-refractivity contribution in [1.29, 1.82) is 0 Å². The Morgan fingerprint density at radius 3 is 3.00 bits per heavy atom. The summed E-state index contributed by atoms with van der Waals surface area (Å²) in [6, 6.07) is 0.886. The van der Waals surface area contributed by atoms with Gasteiger partial charge in [0.25, 0.3) is 0 Å². The van der Waals surface area contributed by atoms with Gasteiger partial charge in [-0.05, 0) is 12.8 Å². The van der Waals surface area contributed by atoms with E-state index in [1.165, 1.54) is 0 Å². The molecule has 0 spiro atoms. The van der Waals surface area contributed by atoms with Gasteiger partial charge in [0.05, 0.1) is 12.5 Å². The highest BCUT2D eigenvalue weighted by Crippen LogP contribution is 2.22. The van der Waals surface area contributed by atoms with Gasteiger partial charge in [0.15, 0.2) is 0 Å². The Morgan fingerprint density at radius 2 is 2.30 bits per heavy atom. The van der Waals surface area contributed by atoms with Crippen molar-refractivity contribution < 1.29 is 9.21 Å². The van der Waals surface area contributed by atoms with Crippen LogP contribution in [0.25, 0.3) is 0 Å². The monoisotopic (exact) mass is 281 g/mol. The zero-order valence-electron chi connectivity index (χ0n) is 12.3. The lowest BCUT2D eigenvalue weighted by Crippen LogP contribution is -2.42. The van der Waals surface area contributed by atoms with Crippen LogP contribution in [0.5, 0.6) is 0 Å². The number of hydrogen-bond acceptors (Lipinski definition) is 6. The molecule has 112 valence electrons. The normalized spacial score (nSPS) is 19.4. The Bertz CT molecular complexity index is 446. The number of aromatic nitrogens is 2. The zero-order valence-corrected chi connectivity index (χ0v) is 12.3. The number of hydrogen-bond donors (Lipinski definition) is 2. The minimum absolute atomic E-state index is 0.00195. The second kappa shape index (κ2) is 6.69. The molecule has 7 nitrogen and oxygen atoms in total. The van der Waals surface area contributed by atoms with E-state index in [1.54, 1.807) is 7.05 Å². The quantitative estimate of drug-likeness (QED) is 0.819. The molecule has 1 aromatic rings. The number of carbonyl (C=O) groups excluding carboxylic acids is 1. The van der Waals surface area contributed by atoms with E-state index in [-0.39, 0.29) is 11.8 Å². The summed E-state index contributed by atoms with van der Waals surface area (Å²) in [5, 5.41) is 14.0. The Kier molecular flexibility index (Phi) is 4.94. The third-order valence-corrected chi connectivity index (χ3v) is 3.43. The van der Waals surface area contributed by atoms with Crippen LogP contribution in [0, 0.1) is 5.92 Å². The molecule has 1 atom stereocenters. The molecule has 1 saturated heterocycles. The number of nitrogens with one attached hydrogen (secondary N) is 2. The third kappa shape index (κ3) is 3.69. The summed E-state index contributed by atoms with van der Waals surface area (Å²) in [7, 11) is 1.67. The minimum atomic E-state index is -0.00195. The van der Waals surface area contributed by atoms with Crippen LogP contribution in [0.15, 0.2) is 4.42 Å². The molecular formula is C13H23N5O2. The second-order valence-corrected chi connectivity index (χ2v) is 5.41. The first kappa shape index (κ1) is 14.8. The smallest absolute Gasteiger partial charge is 0.318 e. The molecule has 2 heterocycles. The van der Waals surface area contributed by atoms with E-state index in [1.807, 2.05) is 4.90 Å². The third-order valence-electron chi connectivity index (χ3n) is 3.43. The molecule has 0 aromatic carbocycles. The Balaban J connectivity index is 1.95. The van der Waals surface area contributed by atoms with Crippen molar-refractivity contribution in [3.05, 3.63) is 5.89 Å². The summed E-state index contributed by atoms with van der Waals surface area (Å²) in [4.78, 5) is 13.7. The lowest BCUT2D eigenvalue weighted by Gasteiger charge is -2.30. The van der Waals surface area contributed by atoms with Gasteiger partial charge in [-0.15, -0.1) is 5.10 Å². The van der Waals surface area contributed by atoms with E-state index < -0.39 is 0 Å². The van der Waals surface area contributed by atoms with Crippen LogP contribution in [0.2, 0.25) is 0 Å². The van der Waals surface area contributed by atoms with Gasteiger partial charge in [0.2, 0.25) is 11.8 Å². The molecule has 2 N–H and O–H groups in total. The van der Waals surface area contributed by atoms with Crippen LogP contribution in [0.3, 0.4) is 0 Å². The fraction of sp³-hybridized carbons (Fsp3) is 0.769. The highest BCUT2D eigenvalue weighted by molar-refractivity contribution is 5.79. The molecule has 1 fully saturated rings. The molecule has 0 saturated carbocycles. The first-order valence-corrected chi connectivity index (χ1v) is 7.12. The summed E-state index contributed by atoms with van der Waals surface area (Å²) >= 11 is 0.